The molecule has 286 valence electrons. The molecule has 0 spiro atoms. The zero-order valence-corrected chi connectivity index (χ0v) is 33.4. The molecule has 53 heavy (non-hydrogen) atoms. The second kappa shape index (κ2) is 14.2. The molecule has 0 aliphatic carbocycles. The van der Waals surface area contributed by atoms with Crippen molar-refractivity contribution in [1.82, 2.24) is 24.6 Å². The van der Waals surface area contributed by atoms with Gasteiger partial charge in [0, 0.05) is 42.5 Å². The first-order valence-corrected chi connectivity index (χ1v) is 20.2. The Labute approximate surface area is 314 Å². The van der Waals surface area contributed by atoms with Crippen LogP contribution in [0.2, 0.25) is 0 Å². The van der Waals surface area contributed by atoms with E-state index in [9.17, 15) is 18.0 Å². The van der Waals surface area contributed by atoms with Crippen LogP contribution in [0, 0.1) is 11.8 Å². The number of likely N-dealkylation sites (tertiary alicyclic amines) is 1. The fraction of sp³-hybridized carbons (Fsp3) is 0.575. The first kappa shape index (κ1) is 38.5. The fourth-order valence-electron chi connectivity index (χ4n) is 7.80. The molecule has 1 unspecified atom stereocenters. The molecule has 12 nitrogen and oxygen atoms in total. The van der Waals surface area contributed by atoms with E-state index in [1.54, 1.807) is 29.2 Å². The Bertz CT molecular complexity index is 1960. The molecule has 3 aromatic rings. The van der Waals surface area contributed by atoms with E-state index in [1.165, 1.54) is 6.07 Å². The lowest BCUT2D eigenvalue weighted by molar-refractivity contribution is 0.0204. The number of amides is 2. The molecular formula is C40H55N7O5S. The monoisotopic (exact) mass is 745 g/mol. The number of hydrogen-bond acceptors (Lipinski definition) is 10. The van der Waals surface area contributed by atoms with Crippen LogP contribution >= 0.6 is 0 Å². The van der Waals surface area contributed by atoms with Gasteiger partial charge in [-0.3, -0.25) is 9.78 Å². The minimum atomic E-state index is -4.34. The van der Waals surface area contributed by atoms with Gasteiger partial charge in [0.25, 0.3) is 15.9 Å². The molecule has 2 amide bonds. The number of rotatable bonds is 2. The third-order valence-electron chi connectivity index (χ3n) is 10.8. The molecule has 3 aliphatic heterocycles. The third-order valence-corrected chi connectivity index (χ3v) is 12.0. The van der Waals surface area contributed by atoms with Crippen LogP contribution in [0.15, 0.2) is 53.7 Å². The van der Waals surface area contributed by atoms with Crippen molar-refractivity contribution in [3.05, 3.63) is 71.2 Å². The molecule has 3 aromatic heterocycles. The topological polar surface area (TPSA) is 147 Å². The van der Waals surface area contributed by atoms with Crippen molar-refractivity contribution in [2.24, 2.45) is 11.8 Å². The smallest absolute Gasteiger partial charge is 0.410 e. The molecule has 2 N–H and O–H groups in total. The predicted molar refractivity (Wildman–Crippen MR) is 206 cm³/mol. The van der Waals surface area contributed by atoms with Crippen LogP contribution in [0.25, 0.3) is 0 Å². The summed E-state index contributed by atoms with van der Waals surface area (Å²) in [5.74, 6) is 0.822. The number of carbonyl (C=O) groups excluding carboxylic acids is 2. The molecule has 2 fully saturated rings. The van der Waals surface area contributed by atoms with E-state index >= 15 is 0 Å². The highest BCUT2D eigenvalue weighted by atomic mass is 32.2. The van der Waals surface area contributed by atoms with Crippen LogP contribution in [0.3, 0.4) is 0 Å². The van der Waals surface area contributed by atoms with Crippen LogP contribution < -0.4 is 14.9 Å². The molecule has 0 aromatic carbocycles. The van der Waals surface area contributed by atoms with Gasteiger partial charge in [-0.2, -0.15) is 8.42 Å². The lowest BCUT2D eigenvalue weighted by atomic mass is 9.83. The van der Waals surface area contributed by atoms with Gasteiger partial charge in [0.2, 0.25) is 0 Å². The maximum Gasteiger partial charge on any atom is 0.410 e. The Morgan fingerprint density at radius 1 is 1.00 bits per heavy atom. The predicted octanol–water partition coefficient (Wildman–Crippen LogP) is 7.20. The first-order valence-electron chi connectivity index (χ1n) is 18.7. The van der Waals surface area contributed by atoms with Crippen molar-refractivity contribution < 1.29 is 22.7 Å². The highest BCUT2D eigenvalue weighted by Crippen LogP contribution is 2.43. The Balaban J connectivity index is 1.35. The number of nitrogens with one attached hydrogen (secondary N) is 2. The van der Waals surface area contributed by atoms with Crippen molar-refractivity contribution in [3.63, 3.8) is 0 Å². The minimum Gasteiger partial charge on any atom is -0.444 e. The number of piperidine rings is 1. The zero-order chi connectivity index (χ0) is 38.5. The number of hydrogen-bond donors (Lipinski definition) is 2. The van der Waals surface area contributed by atoms with Gasteiger partial charge in [-0.1, -0.05) is 33.8 Å². The second-order valence-corrected chi connectivity index (χ2v) is 19.3. The number of carbonyl (C=O) groups is 2. The number of pyridine rings is 3. The number of sulfonamides is 1. The average Bonchev–Trinajstić information content (AvgIpc) is 3.41. The maximum absolute atomic E-state index is 13.8. The molecule has 0 saturated carbocycles. The van der Waals surface area contributed by atoms with Crippen molar-refractivity contribution in [2.45, 2.75) is 122 Å². The molecule has 2 saturated heterocycles. The summed E-state index contributed by atoms with van der Waals surface area (Å²) in [5.41, 5.74) is 1.84. The van der Waals surface area contributed by atoms with Crippen LogP contribution in [0.4, 0.5) is 16.4 Å². The standard InChI is InChI=1S/C40H55N7O5S/c1-25-21-31(30-22-27(15-18-41-30)26-16-19-46(20-17-26)37(49)52-39(5,6)7)42-33-11-10-12-34(44-33)53(50,51)45-36(48)29-13-14-32(38(2,3)4)43-35(29)47-24-28(25)23-40(47,8)9/h10-15,18,22,25-26,28,31H,16-17,19-21,23-24H2,1-9H3,(H,42,44)(H,45,48)/t25-,28-,31?/m0/s1. The summed E-state index contributed by atoms with van der Waals surface area (Å²) in [6.45, 7) is 20.3. The fourth-order valence-corrected chi connectivity index (χ4v) is 8.74. The van der Waals surface area contributed by atoms with E-state index in [1.807, 2.05) is 27.0 Å². The largest absolute Gasteiger partial charge is 0.444 e. The molecular weight excluding hydrogens is 691 g/mol. The summed E-state index contributed by atoms with van der Waals surface area (Å²) in [6.07, 6.45) is 4.75. The van der Waals surface area contributed by atoms with Gasteiger partial charge in [0.15, 0.2) is 5.03 Å². The third kappa shape index (κ3) is 8.60. The number of ether oxygens (including phenoxy) is 1. The molecule has 0 radical (unpaired) electrons. The lowest BCUT2D eigenvalue weighted by Gasteiger charge is -2.34. The Kier molecular flexibility index (Phi) is 10.3. The molecule has 6 rings (SSSR count). The highest BCUT2D eigenvalue weighted by molar-refractivity contribution is 7.90. The van der Waals surface area contributed by atoms with Crippen molar-refractivity contribution in [1.29, 1.82) is 0 Å². The number of nitrogens with zero attached hydrogens (tertiary/aromatic N) is 5. The summed E-state index contributed by atoms with van der Waals surface area (Å²) >= 11 is 0. The van der Waals surface area contributed by atoms with E-state index in [2.05, 4.69) is 73.6 Å². The molecule has 4 bridgehead atoms. The summed E-state index contributed by atoms with van der Waals surface area (Å²) in [7, 11) is -4.34. The maximum atomic E-state index is 13.8. The second-order valence-electron chi connectivity index (χ2n) is 17.7. The average molecular weight is 746 g/mol. The van der Waals surface area contributed by atoms with E-state index in [4.69, 9.17) is 14.7 Å². The zero-order valence-electron chi connectivity index (χ0n) is 32.6. The van der Waals surface area contributed by atoms with Gasteiger partial charge in [0.05, 0.1) is 17.3 Å². The van der Waals surface area contributed by atoms with Gasteiger partial charge in [-0.15, -0.1) is 0 Å². The van der Waals surface area contributed by atoms with Crippen LogP contribution in [-0.2, 0) is 20.2 Å². The van der Waals surface area contributed by atoms with E-state index in [-0.39, 0.29) is 51.4 Å². The van der Waals surface area contributed by atoms with E-state index in [0.717, 1.165) is 36.2 Å². The van der Waals surface area contributed by atoms with Crippen molar-refractivity contribution in [2.75, 3.05) is 29.9 Å². The Morgan fingerprint density at radius 3 is 2.40 bits per heavy atom. The number of aromatic nitrogens is 3. The molecule has 3 atom stereocenters. The summed E-state index contributed by atoms with van der Waals surface area (Å²) in [6, 6.07) is 12.2. The lowest BCUT2D eigenvalue weighted by Crippen LogP contribution is -2.41. The van der Waals surface area contributed by atoms with Crippen molar-refractivity contribution >= 4 is 33.7 Å². The van der Waals surface area contributed by atoms with Crippen molar-refractivity contribution in [3.8, 4) is 0 Å². The normalized spacial score (nSPS) is 23.6. The van der Waals surface area contributed by atoms with Gasteiger partial charge < -0.3 is 19.9 Å². The molecule has 3 aliphatic rings. The quantitative estimate of drug-likeness (QED) is 0.276. The molecule has 6 heterocycles. The van der Waals surface area contributed by atoms with Gasteiger partial charge >= 0.3 is 6.09 Å². The highest BCUT2D eigenvalue weighted by Gasteiger charge is 2.44. The van der Waals surface area contributed by atoms with E-state index < -0.39 is 21.5 Å². The summed E-state index contributed by atoms with van der Waals surface area (Å²) in [4.78, 5) is 44.9. The van der Waals surface area contributed by atoms with E-state index in [0.29, 0.717) is 37.7 Å². The first-order chi connectivity index (χ1) is 24.7. The van der Waals surface area contributed by atoms with Crippen LogP contribution in [0.1, 0.15) is 127 Å². The Morgan fingerprint density at radius 2 is 1.72 bits per heavy atom. The molecule has 13 heteroatoms. The van der Waals surface area contributed by atoms with Gasteiger partial charge in [0.1, 0.15) is 17.2 Å². The summed E-state index contributed by atoms with van der Waals surface area (Å²) in [5, 5.41) is 3.27. The minimum absolute atomic E-state index is 0.208. The SMILES string of the molecule is C[C@H]1CC(c2cc(C3CCN(C(=O)OC(C)(C)C)CC3)ccn2)Nc2cccc(n2)S(=O)(=O)NC(=O)c2ccc(C(C)(C)C)nc2N2C[C@@H]1CC2(C)C. The Hall–Kier alpha value is -4.26. The van der Waals surface area contributed by atoms with Gasteiger partial charge in [-0.05, 0) is 120 Å². The number of anilines is 2. The van der Waals surface area contributed by atoms with Gasteiger partial charge in [-0.25, -0.2) is 19.5 Å². The van der Waals surface area contributed by atoms with Crippen LogP contribution in [0.5, 0.6) is 0 Å². The van der Waals surface area contributed by atoms with Crippen LogP contribution in [-0.4, -0.2) is 71.0 Å². The number of fused-ring (bicyclic) bond motifs is 6. The summed E-state index contributed by atoms with van der Waals surface area (Å²) < 4.78 is 35.3.